The molecule has 0 aliphatic heterocycles. The van der Waals surface area contributed by atoms with Crippen molar-refractivity contribution in [1.82, 2.24) is 4.98 Å². The van der Waals surface area contributed by atoms with E-state index in [0.717, 1.165) is 19.3 Å². The van der Waals surface area contributed by atoms with Gasteiger partial charge in [-0.15, -0.1) is 0 Å². The fraction of sp³-hybridized carbons (Fsp3) is 0.625. The second-order valence-corrected chi connectivity index (χ2v) is 6.09. The summed E-state index contributed by atoms with van der Waals surface area (Å²) in [6, 6.07) is 3.49. The molecule has 2 rings (SSSR count). The average Bonchev–Trinajstić information content (AvgIpc) is 2.46. The van der Waals surface area contributed by atoms with Crippen molar-refractivity contribution in [2.24, 2.45) is 5.92 Å². The molecule has 2 unspecified atom stereocenters. The zero-order valence-electron chi connectivity index (χ0n) is 13.0. The molecule has 1 aromatic rings. The molecule has 1 heterocycles. The smallest absolute Gasteiger partial charge is 0.339 e. The normalized spacial score (nSPS) is 25.4. The van der Waals surface area contributed by atoms with Crippen molar-refractivity contribution < 1.29 is 14.6 Å². The Morgan fingerprint density at radius 3 is 2.90 bits per heavy atom. The average molecular weight is 292 g/mol. The van der Waals surface area contributed by atoms with Gasteiger partial charge in [-0.1, -0.05) is 19.8 Å². The molecule has 0 amide bonds. The fourth-order valence-electron chi connectivity index (χ4n) is 3.18. The van der Waals surface area contributed by atoms with Gasteiger partial charge in [0.25, 0.3) is 0 Å². The number of nitrogens with one attached hydrogen (secondary N) is 1. The van der Waals surface area contributed by atoms with Crippen LogP contribution < -0.4 is 5.32 Å². The summed E-state index contributed by atoms with van der Waals surface area (Å²) in [5.41, 5.74) is 0.797. The number of carbonyl (C=O) groups excluding carboxylic acids is 1. The van der Waals surface area contributed by atoms with Gasteiger partial charge in [0, 0.05) is 0 Å². The maximum Gasteiger partial charge on any atom is 0.339 e. The van der Waals surface area contributed by atoms with Gasteiger partial charge in [-0.25, -0.2) is 9.78 Å². The van der Waals surface area contributed by atoms with Gasteiger partial charge in [0.05, 0.1) is 30.5 Å². The summed E-state index contributed by atoms with van der Waals surface area (Å²) < 4.78 is 4.72. The molecule has 0 spiro atoms. The molecule has 1 aromatic heterocycles. The van der Waals surface area contributed by atoms with Crippen LogP contribution in [0.3, 0.4) is 0 Å². The number of ether oxygens (including phenoxy) is 1. The van der Waals surface area contributed by atoms with Gasteiger partial charge in [-0.2, -0.15) is 0 Å². The van der Waals surface area contributed by atoms with E-state index < -0.39 is 0 Å². The molecule has 1 aliphatic rings. The van der Waals surface area contributed by atoms with Crippen LogP contribution in [-0.2, 0) is 4.74 Å². The Hall–Kier alpha value is -1.62. The van der Waals surface area contributed by atoms with E-state index >= 15 is 0 Å². The summed E-state index contributed by atoms with van der Waals surface area (Å²) in [5, 5.41) is 13.2. The lowest BCUT2D eigenvalue weighted by molar-refractivity contribution is 0.0599. The van der Waals surface area contributed by atoms with Gasteiger partial charge >= 0.3 is 5.97 Å². The number of rotatable bonds is 4. The van der Waals surface area contributed by atoms with Crippen LogP contribution in [0.25, 0.3) is 0 Å². The standard InChI is InChI=1S/C16H24N2O3/c1-11-5-4-8-16(9-11,10-19)18-14-7-6-13(12(2)17-14)15(20)21-3/h6-7,11,19H,4-5,8-10H2,1-3H3,(H,17,18). The third kappa shape index (κ3) is 3.53. The molecule has 5 nitrogen and oxygen atoms in total. The van der Waals surface area contributed by atoms with Crippen LogP contribution in [0.2, 0.25) is 0 Å². The first-order chi connectivity index (χ1) is 9.99. The summed E-state index contributed by atoms with van der Waals surface area (Å²) >= 11 is 0. The highest BCUT2D eigenvalue weighted by atomic mass is 16.5. The van der Waals surface area contributed by atoms with Crippen LogP contribution in [0.4, 0.5) is 5.82 Å². The zero-order chi connectivity index (χ0) is 15.5. The quantitative estimate of drug-likeness (QED) is 0.834. The number of methoxy groups -OCH3 is 1. The van der Waals surface area contributed by atoms with Gasteiger partial charge in [-0.3, -0.25) is 0 Å². The minimum absolute atomic E-state index is 0.0941. The highest BCUT2D eigenvalue weighted by molar-refractivity contribution is 5.90. The Labute approximate surface area is 125 Å². The zero-order valence-corrected chi connectivity index (χ0v) is 13.0. The first-order valence-corrected chi connectivity index (χ1v) is 7.45. The van der Waals surface area contributed by atoms with Crippen LogP contribution >= 0.6 is 0 Å². The lowest BCUT2D eigenvalue weighted by atomic mass is 9.77. The van der Waals surface area contributed by atoms with E-state index in [9.17, 15) is 9.90 Å². The molecule has 5 heteroatoms. The van der Waals surface area contributed by atoms with Crippen molar-refractivity contribution in [2.75, 3.05) is 19.0 Å². The maximum atomic E-state index is 11.6. The Kier molecular flexibility index (Phi) is 4.83. The molecule has 2 N–H and O–H groups in total. The molecule has 116 valence electrons. The fourth-order valence-corrected chi connectivity index (χ4v) is 3.18. The molecular formula is C16H24N2O3. The van der Waals surface area contributed by atoms with E-state index in [-0.39, 0.29) is 18.1 Å². The topological polar surface area (TPSA) is 71.5 Å². The third-order valence-corrected chi connectivity index (χ3v) is 4.28. The van der Waals surface area contributed by atoms with Crippen molar-refractivity contribution in [3.05, 3.63) is 23.4 Å². The molecule has 1 fully saturated rings. The van der Waals surface area contributed by atoms with Gasteiger partial charge in [-0.05, 0) is 37.8 Å². The summed E-state index contributed by atoms with van der Waals surface area (Å²) in [6.07, 6.45) is 4.18. The Morgan fingerprint density at radius 1 is 1.57 bits per heavy atom. The van der Waals surface area contributed by atoms with E-state index in [0.29, 0.717) is 23.0 Å². The number of esters is 1. The van der Waals surface area contributed by atoms with Gasteiger partial charge in [0.1, 0.15) is 5.82 Å². The first-order valence-electron chi connectivity index (χ1n) is 7.45. The van der Waals surface area contributed by atoms with E-state index in [4.69, 9.17) is 4.74 Å². The summed E-state index contributed by atoms with van der Waals surface area (Å²) in [4.78, 5) is 16.0. The number of nitrogens with zero attached hydrogens (tertiary/aromatic N) is 1. The Bertz CT molecular complexity index is 518. The largest absolute Gasteiger partial charge is 0.465 e. The van der Waals surface area contributed by atoms with Crippen molar-refractivity contribution in [2.45, 2.75) is 45.1 Å². The predicted molar refractivity (Wildman–Crippen MR) is 81.4 cm³/mol. The molecule has 2 atom stereocenters. The second-order valence-electron chi connectivity index (χ2n) is 6.09. The van der Waals surface area contributed by atoms with Gasteiger partial charge in [0.2, 0.25) is 0 Å². The number of aliphatic hydroxyl groups excluding tert-OH is 1. The second kappa shape index (κ2) is 6.43. The minimum atomic E-state index is -0.380. The Balaban J connectivity index is 2.18. The number of aromatic nitrogens is 1. The number of anilines is 1. The summed E-state index contributed by atoms with van der Waals surface area (Å²) in [5.74, 6) is 0.909. The number of aliphatic hydroxyl groups is 1. The third-order valence-electron chi connectivity index (χ3n) is 4.28. The lowest BCUT2D eigenvalue weighted by Crippen LogP contribution is -2.46. The number of carbonyl (C=O) groups is 1. The van der Waals surface area contributed by atoms with Gasteiger partial charge in [0.15, 0.2) is 0 Å². The molecular weight excluding hydrogens is 268 g/mol. The van der Waals surface area contributed by atoms with Crippen molar-refractivity contribution in [3.8, 4) is 0 Å². The van der Waals surface area contributed by atoms with Crippen molar-refractivity contribution in [3.63, 3.8) is 0 Å². The van der Waals surface area contributed by atoms with E-state index in [1.165, 1.54) is 13.5 Å². The van der Waals surface area contributed by atoms with Crippen LogP contribution in [0.5, 0.6) is 0 Å². The monoisotopic (exact) mass is 292 g/mol. The summed E-state index contributed by atoms with van der Waals surface area (Å²) in [7, 11) is 1.36. The van der Waals surface area contributed by atoms with E-state index in [1.54, 1.807) is 19.1 Å². The van der Waals surface area contributed by atoms with Gasteiger partial charge < -0.3 is 15.2 Å². The van der Waals surface area contributed by atoms with Crippen molar-refractivity contribution >= 4 is 11.8 Å². The maximum absolute atomic E-state index is 11.6. The minimum Gasteiger partial charge on any atom is -0.465 e. The van der Waals surface area contributed by atoms with Crippen LogP contribution in [0, 0.1) is 12.8 Å². The number of aryl methyl sites for hydroxylation is 1. The molecule has 0 radical (unpaired) electrons. The molecule has 0 saturated heterocycles. The first kappa shape index (κ1) is 15.8. The SMILES string of the molecule is COC(=O)c1ccc(NC2(CO)CCCC(C)C2)nc1C. The molecule has 1 aliphatic carbocycles. The Morgan fingerprint density at radius 2 is 2.33 bits per heavy atom. The summed E-state index contributed by atoms with van der Waals surface area (Å²) in [6.45, 7) is 4.09. The van der Waals surface area contributed by atoms with Crippen LogP contribution in [0.15, 0.2) is 12.1 Å². The highest BCUT2D eigenvalue weighted by Crippen LogP contribution is 2.34. The van der Waals surface area contributed by atoms with Crippen LogP contribution in [-0.4, -0.2) is 35.3 Å². The molecule has 21 heavy (non-hydrogen) atoms. The highest BCUT2D eigenvalue weighted by Gasteiger charge is 2.34. The number of pyridine rings is 1. The lowest BCUT2D eigenvalue weighted by Gasteiger charge is -2.39. The van der Waals surface area contributed by atoms with Crippen LogP contribution in [0.1, 0.15) is 48.7 Å². The molecule has 0 bridgehead atoms. The predicted octanol–water partition coefficient (Wildman–Crippen LogP) is 2.53. The number of hydrogen-bond acceptors (Lipinski definition) is 5. The van der Waals surface area contributed by atoms with E-state index in [2.05, 4.69) is 17.2 Å². The molecule has 1 saturated carbocycles. The number of hydrogen-bond donors (Lipinski definition) is 2. The molecule has 0 aromatic carbocycles. The van der Waals surface area contributed by atoms with Crippen molar-refractivity contribution in [1.29, 1.82) is 0 Å². The van der Waals surface area contributed by atoms with E-state index in [1.807, 2.05) is 0 Å².